The first-order valence-corrected chi connectivity index (χ1v) is 7.97. The van der Waals surface area contributed by atoms with Gasteiger partial charge in [-0.2, -0.15) is 4.98 Å². The molecular formula is C18H18N6O2. The van der Waals surface area contributed by atoms with Crippen molar-refractivity contribution < 1.29 is 9.90 Å². The van der Waals surface area contributed by atoms with Gasteiger partial charge in [0, 0.05) is 41.8 Å². The van der Waals surface area contributed by atoms with Crippen LogP contribution in [-0.4, -0.2) is 39.1 Å². The lowest BCUT2D eigenvalue weighted by atomic mass is 10.2. The lowest BCUT2D eigenvalue weighted by Gasteiger charge is -2.10. The Morgan fingerprint density at radius 3 is 2.77 bits per heavy atom. The third-order valence-corrected chi connectivity index (χ3v) is 3.47. The van der Waals surface area contributed by atoms with Crippen LogP contribution in [0.2, 0.25) is 0 Å². The van der Waals surface area contributed by atoms with Gasteiger partial charge >= 0.3 is 0 Å². The predicted molar refractivity (Wildman–Crippen MR) is 99.6 cm³/mol. The Labute approximate surface area is 150 Å². The molecule has 0 atom stereocenters. The van der Waals surface area contributed by atoms with Crippen molar-refractivity contribution in [3.05, 3.63) is 60.4 Å². The highest BCUT2D eigenvalue weighted by molar-refractivity contribution is 6.04. The number of aromatic nitrogens is 3. The van der Waals surface area contributed by atoms with E-state index in [-0.39, 0.29) is 12.5 Å². The Hall–Kier alpha value is -3.52. The number of aliphatic hydroxyl groups is 1. The first-order chi connectivity index (χ1) is 12.7. The summed E-state index contributed by atoms with van der Waals surface area (Å²) in [5, 5.41) is 14.6. The molecule has 0 saturated carbocycles. The van der Waals surface area contributed by atoms with E-state index < -0.39 is 0 Å². The van der Waals surface area contributed by atoms with E-state index >= 15 is 0 Å². The fraction of sp³-hybridized carbons (Fsp3) is 0.111. The summed E-state index contributed by atoms with van der Waals surface area (Å²) in [7, 11) is 0. The first-order valence-electron chi connectivity index (χ1n) is 7.97. The molecule has 0 aliphatic heterocycles. The number of nitrogens with one attached hydrogen (secondary N) is 2. The Bertz CT molecular complexity index is 901. The second kappa shape index (κ2) is 8.04. The molecule has 0 spiro atoms. The van der Waals surface area contributed by atoms with E-state index in [0.29, 0.717) is 35.3 Å². The molecule has 1 amide bonds. The summed E-state index contributed by atoms with van der Waals surface area (Å²) in [6.45, 7) is 0.227. The number of nitrogens with two attached hydrogens (primary N) is 1. The maximum atomic E-state index is 12.4. The van der Waals surface area contributed by atoms with Gasteiger partial charge in [-0.05, 0) is 30.3 Å². The number of nitrogens with zero attached hydrogens (tertiary/aromatic N) is 3. The number of aliphatic hydroxyl groups excluding tert-OH is 1. The molecule has 0 aliphatic carbocycles. The van der Waals surface area contributed by atoms with Crippen LogP contribution in [0.5, 0.6) is 0 Å². The molecule has 5 N–H and O–H groups in total. The lowest BCUT2D eigenvalue weighted by Crippen LogP contribution is -2.15. The molecule has 0 aliphatic rings. The van der Waals surface area contributed by atoms with Crippen LogP contribution in [-0.2, 0) is 0 Å². The van der Waals surface area contributed by atoms with Gasteiger partial charge in [-0.3, -0.25) is 9.78 Å². The molecule has 1 aromatic carbocycles. The van der Waals surface area contributed by atoms with E-state index in [9.17, 15) is 4.79 Å². The van der Waals surface area contributed by atoms with E-state index in [4.69, 9.17) is 10.8 Å². The second-order valence-corrected chi connectivity index (χ2v) is 5.43. The maximum absolute atomic E-state index is 12.4. The number of nitrogen functional groups attached to an aromatic ring is 1. The van der Waals surface area contributed by atoms with E-state index in [1.54, 1.807) is 48.8 Å². The summed E-state index contributed by atoms with van der Waals surface area (Å²) in [4.78, 5) is 25.2. The summed E-state index contributed by atoms with van der Waals surface area (Å²) in [6, 6.07) is 12.0. The molecule has 2 heterocycles. The SMILES string of the molecule is Nc1cccc(C(=O)Nc2cc(-c3cccnc3)nc(NCCO)n2)c1. The average Bonchev–Trinajstić information content (AvgIpc) is 2.67. The molecule has 3 aromatic rings. The van der Waals surface area contributed by atoms with Crippen molar-refractivity contribution in [2.75, 3.05) is 29.5 Å². The second-order valence-electron chi connectivity index (χ2n) is 5.43. The minimum Gasteiger partial charge on any atom is -0.399 e. The number of carbonyl (C=O) groups excluding carboxylic acids is 1. The molecule has 2 aromatic heterocycles. The van der Waals surface area contributed by atoms with Crippen LogP contribution >= 0.6 is 0 Å². The zero-order valence-corrected chi connectivity index (χ0v) is 13.9. The van der Waals surface area contributed by atoms with Crippen molar-refractivity contribution >= 4 is 23.4 Å². The number of benzene rings is 1. The summed E-state index contributed by atoms with van der Waals surface area (Å²) in [5.74, 6) is 0.288. The maximum Gasteiger partial charge on any atom is 0.256 e. The van der Waals surface area contributed by atoms with Crippen molar-refractivity contribution in [3.8, 4) is 11.3 Å². The van der Waals surface area contributed by atoms with Crippen molar-refractivity contribution in [3.63, 3.8) is 0 Å². The van der Waals surface area contributed by atoms with Crippen LogP contribution in [0, 0.1) is 0 Å². The Morgan fingerprint density at radius 1 is 1.15 bits per heavy atom. The smallest absolute Gasteiger partial charge is 0.256 e. The van der Waals surface area contributed by atoms with E-state index in [2.05, 4.69) is 25.6 Å². The number of rotatable bonds is 6. The van der Waals surface area contributed by atoms with Crippen molar-refractivity contribution in [1.29, 1.82) is 0 Å². The lowest BCUT2D eigenvalue weighted by molar-refractivity contribution is 0.102. The van der Waals surface area contributed by atoms with Gasteiger partial charge in [0.05, 0.1) is 12.3 Å². The summed E-state index contributed by atoms with van der Waals surface area (Å²) >= 11 is 0. The third-order valence-electron chi connectivity index (χ3n) is 3.47. The number of hydrogen-bond acceptors (Lipinski definition) is 7. The quantitative estimate of drug-likeness (QED) is 0.499. The molecule has 3 rings (SSSR count). The van der Waals surface area contributed by atoms with Crippen LogP contribution in [0.4, 0.5) is 17.5 Å². The van der Waals surface area contributed by atoms with Crippen molar-refractivity contribution in [2.24, 2.45) is 0 Å². The molecule has 0 unspecified atom stereocenters. The van der Waals surface area contributed by atoms with Crippen molar-refractivity contribution in [1.82, 2.24) is 15.0 Å². The topological polar surface area (TPSA) is 126 Å². The Balaban J connectivity index is 1.91. The minimum atomic E-state index is -0.332. The van der Waals surface area contributed by atoms with E-state index in [1.807, 2.05) is 6.07 Å². The van der Waals surface area contributed by atoms with Gasteiger partial charge < -0.3 is 21.5 Å². The summed E-state index contributed by atoms with van der Waals surface area (Å²) < 4.78 is 0. The van der Waals surface area contributed by atoms with Gasteiger partial charge in [-0.1, -0.05) is 6.07 Å². The summed E-state index contributed by atoms with van der Waals surface area (Å²) in [6.07, 6.45) is 3.33. The fourth-order valence-corrected chi connectivity index (χ4v) is 2.29. The number of pyridine rings is 1. The van der Waals surface area contributed by atoms with E-state index in [1.165, 1.54) is 0 Å². The van der Waals surface area contributed by atoms with Crippen LogP contribution in [0.25, 0.3) is 11.3 Å². The molecule has 0 saturated heterocycles. The third kappa shape index (κ3) is 4.31. The number of carbonyl (C=O) groups is 1. The van der Waals surface area contributed by atoms with Crippen molar-refractivity contribution in [2.45, 2.75) is 0 Å². The fourth-order valence-electron chi connectivity index (χ4n) is 2.29. The standard InChI is InChI=1S/C18H18N6O2/c19-14-5-1-3-12(9-14)17(26)23-16-10-15(13-4-2-6-20-11-13)22-18(24-16)21-7-8-25/h1-6,9-11,25H,7-8,19H2,(H2,21,22,23,24,26). The number of hydrogen-bond donors (Lipinski definition) is 4. The number of anilines is 3. The Morgan fingerprint density at radius 2 is 2.04 bits per heavy atom. The zero-order chi connectivity index (χ0) is 18.4. The van der Waals surface area contributed by atoms with Gasteiger partial charge in [0.25, 0.3) is 5.91 Å². The highest BCUT2D eigenvalue weighted by Gasteiger charge is 2.11. The van der Waals surface area contributed by atoms with Gasteiger partial charge in [-0.25, -0.2) is 4.98 Å². The zero-order valence-electron chi connectivity index (χ0n) is 13.9. The molecule has 0 radical (unpaired) electrons. The first kappa shape index (κ1) is 17.3. The molecule has 26 heavy (non-hydrogen) atoms. The molecule has 0 fully saturated rings. The monoisotopic (exact) mass is 350 g/mol. The normalized spacial score (nSPS) is 10.3. The predicted octanol–water partition coefficient (Wildman–Crippen LogP) is 1.78. The average molecular weight is 350 g/mol. The molecule has 0 bridgehead atoms. The van der Waals surface area contributed by atoms with E-state index in [0.717, 1.165) is 5.56 Å². The Kier molecular flexibility index (Phi) is 5.35. The highest BCUT2D eigenvalue weighted by Crippen LogP contribution is 2.21. The summed E-state index contributed by atoms with van der Waals surface area (Å²) in [5.41, 5.74) is 8.02. The largest absolute Gasteiger partial charge is 0.399 e. The number of amides is 1. The van der Waals surface area contributed by atoms with Gasteiger partial charge in [0.1, 0.15) is 5.82 Å². The van der Waals surface area contributed by atoms with Crippen LogP contribution in [0.15, 0.2) is 54.9 Å². The van der Waals surface area contributed by atoms with Gasteiger partial charge in [-0.15, -0.1) is 0 Å². The minimum absolute atomic E-state index is 0.0640. The molecular weight excluding hydrogens is 332 g/mol. The van der Waals surface area contributed by atoms with Crippen LogP contribution in [0.1, 0.15) is 10.4 Å². The van der Waals surface area contributed by atoms with Gasteiger partial charge in [0.15, 0.2) is 0 Å². The van der Waals surface area contributed by atoms with Gasteiger partial charge in [0.2, 0.25) is 5.95 Å². The highest BCUT2D eigenvalue weighted by atomic mass is 16.3. The molecule has 8 nitrogen and oxygen atoms in total. The molecule has 132 valence electrons. The van der Waals surface area contributed by atoms with Crippen LogP contribution < -0.4 is 16.4 Å². The molecule has 8 heteroatoms. The van der Waals surface area contributed by atoms with Crippen LogP contribution in [0.3, 0.4) is 0 Å².